The Balaban J connectivity index is 1.96. The summed E-state index contributed by atoms with van der Waals surface area (Å²) in [6.07, 6.45) is 0.680. The van der Waals surface area contributed by atoms with Crippen molar-refractivity contribution in [3.63, 3.8) is 0 Å². The third kappa shape index (κ3) is 2.95. The number of hydrogen-bond donors (Lipinski definition) is 3. The third-order valence-electron chi connectivity index (χ3n) is 3.21. The van der Waals surface area contributed by atoms with Crippen LogP contribution < -0.4 is 10.2 Å². The molecular weight excluding hydrogens is 270 g/mol. The Morgan fingerprint density at radius 3 is 2.95 bits per heavy atom. The molecule has 2 atom stereocenters. The van der Waals surface area contributed by atoms with Crippen molar-refractivity contribution >= 4 is 23.3 Å². The predicted octanol–water partition coefficient (Wildman–Crippen LogP) is 0.441. The number of carboxylic acid groups (broad SMARTS) is 1. The maximum Gasteiger partial charge on any atom is 0.326 e. The van der Waals surface area contributed by atoms with Crippen LogP contribution in [-0.4, -0.2) is 39.6 Å². The molecule has 2 heterocycles. The molecule has 0 radical (unpaired) electrons. The van der Waals surface area contributed by atoms with Crippen LogP contribution in [0.5, 0.6) is 0 Å². The summed E-state index contributed by atoms with van der Waals surface area (Å²) in [7, 11) is 0. The molecule has 3 N–H and O–H groups in total. The molecule has 0 aromatic carbocycles. The summed E-state index contributed by atoms with van der Waals surface area (Å²) in [5.41, 5.74) is 0.613. The lowest BCUT2D eigenvalue weighted by Gasteiger charge is -2.23. The van der Waals surface area contributed by atoms with Gasteiger partial charge in [0, 0.05) is 17.6 Å². The van der Waals surface area contributed by atoms with Crippen molar-refractivity contribution in [1.82, 2.24) is 15.2 Å². The number of nitrogens with one attached hydrogen (secondary N) is 2. The summed E-state index contributed by atoms with van der Waals surface area (Å²) in [6, 6.07) is -1.19. The highest BCUT2D eigenvalue weighted by molar-refractivity contribution is 7.07. The predicted molar refractivity (Wildman–Crippen MR) is 69.1 cm³/mol. The van der Waals surface area contributed by atoms with Gasteiger partial charge in [-0.3, -0.25) is 4.79 Å². The number of aromatic amines is 1. The Morgan fingerprint density at radius 2 is 2.37 bits per heavy atom. The third-order valence-corrected chi connectivity index (χ3v) is 3.93. The van der Waals surface area contributed by atoms with Gasteiger partial charge in [-0.05, 0) is 12.3 Å². The number of aromatic nitrogens is 1. The first-order valence-electron chi connectivity index (χ1n) is 5.93. The Labute approximate surface area is 113 Å². The molecule has 1 aromatic rings. The van der Waals surface area contributed by atoms with Crippen molar-refractivity contribution in [2.45, 2.75) is 25.9 Å². The highest BCUT2D eigenvalue weighted by atomic mass is 32.1. The highest BCUT2D eigenvalue weighted by Crippen LogP contribution is 2.24. The number of rotatable bonds is 3. The minimum absolute atomic E-state index is 0.0517. The van der Waals surface area contributed by atoms with Crippen LogP contribution in [0.2, 0.25) is 0 Å². The van der Waals surface area contributed by atoms with Crippen LogP contribution in [0.4, 0.5) is 4.79 Å². The van der Waals surface area contributed by atoms with E-state index in [1.54, 1.807) is 5.38 Å². The maximum atomic E-state index is 11.9. The van der Waals surface area contributed by atoms with Gasteiger partial charge in [0.25, 0.3) is 0 Å². The average Bonchev–Trinajstić information content (AvgIpc) is 2.92. The van der Waals surface area contributed by atoms with Gasteiger partial charge in [-0.2, -0.15) is 0 Å². The summed E-state index contributed by atoms with van der Waals surface area (Å²) in [4.78, 5) is 37.8. The van der Waals surface area contributed by atoms with Crippen LogP contribution in [0.15, 0.2) is 10.2 Å². The molecule has 1 fully saturated rings. The number of amides is 2. The van der Waals surface area contributed by atoms with E-state index in [0.717, 1.165) is 11.3 Å². The lowest BCUT2D eigenvalue weighted by atomic mass is 10.0. The van der Waals surface area contributed by atoms with Crippen LogP contribution >= 0.6 is 11.3 Å². The zero-order valence-electron chi connectivity index (χ0n) is 10.4. The normalized spacial score (nSPS) is 22.5. The van der Waals surface area contributed by atoms with Gasteiger partial charge in [0.05, 0.1) is 6.54 Å². The molecule has 7 nitrogen and oxygen atoms in total. The molecule has 1 aliphatic rings. The van der Waals surface area contributed by atoms with E-state index in [1.165, 1.54) is 4.90 Å². The smallest absolute Gasteiger partial charge is 0.326 e. The van der Waals surface area contributed by atoms with Crippen molar-refractivity contribution in [2.75, 3.05) is 6.54 Å². The number of carbonyl (C=O) groups is 2. The maximum absolute atomic E-state index is 11.9. The SMILES string of the molecule is CC1CCN(C(=O)NCc2csc(=O)[nH]2)C1C(=O)O. The molecule has 1 aromatic heterocycles. The van der Waals surface area contributed by atoms with Gasteiger partial charge in [0.1, 0.15) is 6.04 Å². The average molecular weight is 285 g/mol. The Kier molecular flexibility index (Phi) is 3.89. The summed E-state index contributed by atoms with van der Waals surface area (Å²) in [5, 5.41) is 13.4. The summed E-state index contributed by atoms with van der Waals surface area (Å²) >= 11 is 1.02. The van der Waals surface area contributed by atoms with Gasteiger partial charge in [0.15, 0.2) is 0 Å². The Hall–Kier alpha value is -1.83. The minimum Gasteiger partial charge on any atom is -0.480 e. The first-order valence-corrected chi connectivity index (χ1v) is 6.81. The van der Waals surface area contributed by atoms with E-state index in [2.05, 4.69) is 10.3 Å². The molecule has 8 heteroatoms. The molecular formula is C11H15N3O4S. The standard InChI is InChI=1S/C11H15N3O4S/c1-6-2-3-14(8(6)9(15)16)10(17)12-4-7-5-19-11(18)13-7/h5-6,8H,2-4H2,1H3,(H,12,17)(H,13,18)(H,15,16). The number of carboxylic acids is 1. The van der Waals surface area contributed by atoms with E-state index in [0.29, 0.717) is 18.7 Å². The van der Waals surface area contributed by atoms with E-state index in [1.807, 2.05) is 6.92 Å². The first-order chi connectivity index (χ1) is 8.99. The number of thiazole rings is 1. The fraction of sp³-hybridized carbons (Fsp3) is 0.545. The van der Waals surface area contributed by atoms with Crippen molar-refractivity contribution in [2.24, 2.45) is 5.92 Å². The number of nitrogens with zero attached hydrogens (tertiary/aromatic N) is 1. The summed E-state index contributed by atoms with van der Waals surface area (Å²) in [5.74, 6) is -1.03. The molecule has 0 aliphatic carbocycles. The van der Waals surface area contributed by atoms with Crippen molar-refractivity contribution < 1.29 is 14.7 Å². The minimum atomic E-state index is -0.982. The van der Waals surface area contributed by atoms with E-state index in [4.69, 9.17) is 5.11 Å². The number of likely N-dealkylation sites (tertiary alicyclic amines) is 1. The second kappa shape index (κ2) is 5.43. The number of H-pyrrole nitrogens is 1. The van der Waals surface area contributed by atoms with Gasteiger partial charge < -0.3 is 20.3 Å². The second-order valence-corrected chi connectivity index (χ2v) is 5.42. The zero-order chi connectivity index (χ0) is 14.0. The molecule has 2 rings (SSSR count). The van der Waals surface area contributed by atoms with Gasteiger partial charge in [-0.15, -0.1) is 0 Å². The van der Waals surface area contributed by atoms with Crippen molar-refractivity contribution in [3.8, 4) is 0 Å². The number of carbonyl (C=O) groups excluding carboxylic acids is 1. The number of hydrogen-bond acceptors (Lipinski definition) is 4. The zero-order valence-corrected chi connectivity index (χ0v) is 11.2. The highest BCUT2D eigenvalue weighted by Gasteiger charge is 2.39. The van der Waals surface area contributed by atoms with Crippen molar-refractivity contribution in [3.05, 3.63) is 20.7 Å². The van der Waals surface area contributed by atoms with Crippen LogP contribution in [0.25, 0.3) is 0 Å². The Bertz CT molecular complexity index is 538. The lowest BCUT2D eigenvalue weighted by Crippen LogP contribution is -2.47. The summed E-state index contributed by atoms with van der Waals surface area (Å²) < 4.78 is 0. The molecule has 19 heavy (non-hydrogen) atoms. The molecule has 0 saturated carbocycles. The van der Waals surface area contributed by atoms with Crippen molar-refractivity contribution in [1.29, 1.82) is 0 Å². The lowest BCUT2D eigenvalue weighted by molar-refractivity contribution is -0.142. The molecule has 0 spiro atoms. The Morgan fingerprint density at radius 1 is 1.63 bits per heavy atom. The van der Waals surface area contributed by atoms with Gasteiger partial charge in [-0.1, -0.05) is 18.3 Å². The van der Waals surface area contributed by atoms with E-state index < -0.39 is 18.0 Å². The molecule has 2 amide bonds. The van der Waals surface area contributed by atoms with Crippen LogP contribution in [-0.2, 0) is 11.3 Å². The van der Waals surface area contributed by atoms with E-state index in [9.17, 15) is 14.4 Å². The first kappa shape index (κ1) is 13.6. The molecule has 104 valence electrons. The fourth-order valence-corrected chi connectivity index (χ4v) is 2.81. The van der Waals surface area contributed by atoms with E-state index >= 15 is 0 Å². The van der Waals surface area contributed by atoms with Crippen LogP contribution in [0.3, 0.4) is 0 Å². The van der Waals surface area contributed by atoms with Crippen LogP contribution in [0.1, 0.15) is 19.0 Å². The quantitative estimate of drug-likeness (QED) is 0.750. The monoisotopic (exact) mass is 285 g/mol. The topological polar surface area (TPSA) is 103 Å². The van der Waals surface area contributed by atoms with Gasteiger partial charge in [0.2, 0.25) is 0 Å². The van der Waals surface area contributed by atoms with Crippen LogP contribution in [0, 0.1) is 5.92 Å². The fourth-order valence-electron chi connectivity index (χ4n) is 2.22. The largest absolute Gasteiger partial charge is 0.480 e. The summed E-state index contributed by atoms with van der Waals surface area (Å²) in [6.45, 7) is 2.45. The number of urea groups is 1. The van der Waals surface area contributed by atoms with Gasteiger partial charge in [-0.25, -0.2) is 9.59 Å². The van der Waals surface area contributed by atoms with E-state index in [-0.39, 0.29) is 17.3 Å². The molecule has 1 aliphatic heterocycles. The number of aliphatic carboxylic acids is 1. The molecule has 2 unspecified atom stereocenters. The van der Waals surface area contributed by atoms with Gasteiger partial charge >= 0.3 is 16.9 Å². The second-order valence-electron chi connectivity index (χ2n) is 4.57. The molecule has 0 bridgehead atoms. The molecule has 1 saturated heterocycles.